The number of carbonyl (C=O) groups is 1. The Morgan fingerprint density at radius 1 is 0.974 bits per heavy atom. The van der Waals surface area contributed by atoms with Gasteiger partial charge in [-0.05, 0) is 86.8 Å². The summed E-state index contributed by atoms with van der Waals surface area (Å²) in [4.78, 5) is 31.6. The highest BCUT2D eigenvalue weighted by atomic mass is 16.7. The fraction of sp³-hybridized carbons (Fsp3) is 0.414. The third-order valence-corrected chi connectivity index (χ3v) is 6.57. The Bertz CT molecular complexity index is 1180. The fourth-order valence-corrected chi connectivity index (χ4v) is 4.33. The van der Waals surface area contributed by atoms with Gasteiger partial charge < -0.3 is 19.9 Å². The minimum atomic E-state index is -0.301. The van der Waals surface area contributed by atoms with Gasteiger partial charge in [0.2, 0.25) is 5.95 Å². The lowest BCUT2D eigenvalue weighted by Gasteiger charge is -2.35. The van der Waals surface area contributed by atoms with Crippen molar-refractivity contribution in [2.45, 2.75) is 39.7 Å². The van der Waals surface area contributed by atoms with Crippen LogP contribution in [0.25, 0.3) is 0 Å². The van der Waals surface area contributed by atoms with Crippen LogP contribution in [0.15, 0.2) is 54.9 Å². The molecular formula is C29H38N6O3. The second-order valence-corrected chi connectivity index (χ2v) is 9.68. The molecule has 3 aromatic rings. The molecule has 0 radical (unpaired) electrons. The van der Waals surface area contributed by atoms with E-state index in [1.165, 1.54) is 5.69 Å². The van der Waals surface area contributed by atoms with Crippen molar-refractivity contribution in [1.29, 1.82) is 0 Å². The van der Waals surface area contributed by atoms with Gasteiger partial charge in [-0.3, -0.25) is 9.63 Å². The number of hydrogen-bond donors (Lipinski definition) is 2. The number of likely N-dealkylation sites (N-methyl/N-ethyl adjacent to an activating group) is 1. The first-order valence-electron chi connectivity index (χ1n) is 13.2. The van der Waals surface area contributed by atoms with Crippen LogP contribution in [0.5, 0.6) is 5.75 Å². The van der Waals surface area contributed by atoms with Crippen molar-refractivity contribution in [3.63, 3.8) is 0 Å². The van der Waals surface area contributed by atoms with E-state index in [1.807, 2.05) is 38.4 Å². The molecule has 0 aliphatic carbocycles. The minimum absolute atomic E-state index is 0.104. The number of nitrogens with one attached hydrogen (secondary N) is 2. The summed E-state index contributed by atoms with van der Waals surface area (Å²) in [7, 11) is 1.59. The lowest BCUT2D eigenvalue weighted by Crippen LogP contribution is -2.46. The Labute approximate surface area is 225 Å². The molecule has 1 aliphatic heterocycles. The van der Waals surface area contributed by atoms with Crippen LogP contribution >= 0.6 is 0 Å². The maximum Gasteiger partial charge on any atom is 0.274 e. The summed E-state index contributed by atoms with van der Waals surface area (Å²) < 4.78 is 5.39. The van der Waals surface area contributed by atoms with Crippen molar-refractivity contribution in [3.8, 4) is 5.75 Å². The molecule has 1 amide bonds. The van der Waals surface area contributed by atoms with E-state index in [0.29, 0.717) is 23.7 Å². The molecule has 38 heavy (non-hydrogen) atoms. The number of nitrogens with zero attached hydrogens (tertiary/aromatic N) is 4. The smallest absolute Gasteiger partial charge is 0.274 e. The highest BCUT2D eigenvalue weighted by Crippen LogP contribution is 2.22. The van der Waals surface area contributed by atoms with Crippen molar-refractivity contribution in [3.05, 3.63) is 71.5 Å². The fourth-order valence-electron chi connectivity index (χ4n) is 4.33. The van der Waals surface area contributed by atoms with Crippen LogP contribution in [0.3, 0.4) is 0 Å². The number of ether oxygens (including phenoxy) is 1. The first-order chi connectivity index (χ1) is 18.4. The zero-order valence-corrected chi connectivity index (χ0v) is 22.7. The number of hydrogen-bond acceptors (Lipinski definition) is 8. The van der Waals surface area contributed by atoms with Crippen LogP contribution < -0.4 is 20.4 Å². The molecule has 202 valence electrons. The van der Waals surface area contributed by atoms with Gasteiger partial charge in [0, 0.05) is 55.5 Å². The zero-order valence-electron chi connectivity index (χ0n) is 22.7. The number of benzene rings is 2. The van der Waals surface area contributed by atoms with Gasteiger partial charge >= 0.3 is 0 Å². The standard InChI is InChI=1S/C29H38N6O3/c1-5-34-12-14-35(15-13-34)26-10-8-25(9-11-26)32-29-30-19-23(20-31-29)7-6-22-16-24(18-27(17-22)37-4)28(36)33-38-21(2)3/h8-11,16-21H,5-7,12-15H2,1-4H3,(H,33,36)(H,30,31,32). The summed E-state index contributed by atoms with van der Waals surface area (Å²) in [6, 6.07) is 13.9. The van der Waals surface area contributed by atoms with Gasteiger partial charge in [0.05, 0.1) is 13.2 Å². The van der Waals surface area contributed by atoms with E-state index < -0.39 is 0 Å². The highest BCUT2D eigenvalue weighted by molar-refractivity contribution is 5.94. The summed E-state index contributed by atoms with van der Waals surface area (Å²) in [5.74, 6) is 0.885. The van der Waals surface area contributed by atoms with Crippen molar-refractivity contribution in [2.75, 3.05) is 50.1 Å². The maximum atomic E-state index is 12.4. The largest absolute Gasteiger partial charge is 0.497 e. The molecule has 0 unspecified atom stereocenters. The Morgan fingerprint density at radius 3 is 2.29 bits per heavy atom. The first kappa shape index (κ1) is 27.3. The summed E-state index contributed by atoms with van der Waals surface area (Å²) in [5, 5.41) is 3.28. The van der Waals surface area contributed by atoms with Crippen LogP contribution in [0.2, 0.25) is 0 Å². The number of hydroxylamine groups is 1. The predicted molar refractivity (Wildman–Crippen MR) is 150 cm³/mol. The van der Waals surface area contributed by atoms with E-state index in [-0.39, 0.29) is 12.0 Å². The third kappa shape index (κ3) is 7.66. The quantitative estimate of drug-likeness (QED) is 0.365. The number of piperazine rings is 1. The van der Waals surface area contributed by atoms with E-state index in [9.17, 15) is 4.79 Å². The molecule has 9 heteroatoms. The van der Waals surface area contributed by atoms with E-state index in [2.05, 4.69) is 61.8 Å². The van der Waals surface area contributed by atoms with Crippen molar-refractivity contribution >= 4 is 23.2 Å². The van der Waals surface area contributed by atoms with Crippen LogP contribution in [-0.4, -0.2) is 66.7 Å². The summed E-state index contributed by atoms with van der Waals surface area (Å²) in [6.45, 7) is 11.4. The van der Waals surface area contributed by atoms with E-state index >= 15 is 0 Å². The molecule has 2 aromatic carbocycles. The van der Waals surface area contributed by atoms with Crippen LogP contribution in [0.1, 0.15) is 42.3 Å². The molecule has 0 atom stereocenters. The second kappa shape index (κ2) is 13.2. The van der Waals surface area contributed by atoms with Gasteiger partial charge in [-0.2, -0.15) is 0 Å². The normalized spacial score (nSPS) is 14.0. The third-order valence-electron chi connectivity index (χ3n) is 6.57. The van der Waals surface area contributed by atoms with Crippen LogP contribution in [-0.2, 0) is 17.7 Å². The number of aromatic nitrogens is 2. The van der Waals surface area contributed by atoms with Crippen molar-refractivity contribution in [1.82, 2.24) is 20.3 Å². The monoisotopic (exact) mass is 518 g/mol. The SMILES string of the molecule is CCN1CCN(c2ccc(Nc3ncc(CCc4cc(OC)cc(C(=O)NOC(C)C)c4)cn3)cc2)CC1. The van der Waals surface area contributed by atoms with E-state index in [0.717, 1.165) is 56.0 Å². The Balaban J connectivity index is 1.31. The number of amides is 1. The number of rotatable bonds is 11. The molecule has 1 aliphatic rings. The Morgan fingerprint density at radius 2 is 1.66 bits per heavy atom. The molecule has 4 rings (SSSR count). The predicted octanol–water partition coefficient (Wildman–Crippen LogP) is 4.23. The highest BCUT2D eigenvalue weighted by Gasteiger charge is 2.16. The molecule has 1 saturated heterocycles. The molecule has 0 spiro atoms. The number of carbonyl (C=O) groups excluding carboxylic acids is 1. The van der Waals surface area contributed by atoms with E-state index in [1.54, 1.807) is 13.2 Å². The maximum absolute atomic E-state index is 12.4. The molecule has 1 fully saturated rings. The summed E-state index contributed by atoms with van der Waals surface area (Å²) in [5.41, 5.74) is 7.16. The lowest BCUT2D eigenvalue weighted by molar-refractivity contribution is 0.000171. The Hall–Kier alpha value is -3.69. The Kier molecular flexibility index (Phi) is 9.51. The molecule has 0 saturated carbocycles. The second-order valence-electron chi connectivity index (χ2n) is 9.68. The lowest BCUT2D eigenvalue weighted by atomic mass is 10.0. The molecule has 2 N–H and O–H groups in total. The number of aryl methyl sites for hydroxylation is 2. The van der Waals surface area contributed by atoms with Gasteiger partial charge in [0.15, 0.2) is 0 Å². The zero-order chi connectivity index (χ0) is 26.9. The average Bonchev–Trinajstić information content (AvgIpc) is 2.95. The van der Waals surface area contributed by atoms with Crippen molar-refractivity contribution < 1.29 is 14.4 Å². The summed E-state index contributed by atoms with van der Waals surface area (Å²) >= 11 is 0. The van der Waals surface area contributed by atoms with Gasteiger partial charge in [-0.15, -0.1) is 0 Å². The molecule has 1 aromatic heterocycles. The number of methoxy groups -OCH3 is 1. The van der Waals surface area contributed by atoms with Gasteiger partial charge in [0.1, 0.15) is 5.75 Å². The van der Waals surface area contributed by atoms with Crippen LogP contribution in [0.4, 0.5) is 17.3 Å². The summed E-state index contributed by atoms with van der Waals surface area (Å²) in [6.07, 6.45) is 5.01. The van der Waals surface area contributed by atoms with Crippen molar-refractivity contribution in [2.24, 2.45) is 0 Å². The molecule has 2 heterocycles. The van der Waals surface area contributed by atoms with E-state index in [4.69, 9.17) is 9.57 Å². The van der Waals surface area contributed by atoms with Gasteiger partial charge in [-0.1, -0.05) is 6.92 Å². The molecular weight excluding hydrogens is 480 g/mol. The molecule has 0 bridgehead atoms. The van der Waals surface area contributed by atoms with Gasteiger partial charge in [0.25, 0.3) is 5.91 Å². The average molecular weight is 519 g/mol. The molecule has 9 nitrogen and oxygen atoms in total. The first-order valence-corrected chi connectivity index (χ1v) is 13.2. The number of anilines is 3. The topological polar surface area (TPSA) is 91.8 Å². The minimum Gasteiger partial charge on any atom is -0.497 e. The van der Waals surface area contributed by atoms with Crippen LogP contribution in [0, 0.1) is 0 Å². The van der Waals surface area contributed by atoms with Gasteiger partial charge in [-0.25, -0.2) is 15.4 Å².